The number of rotatable bonds is 8. The maximum absolute atomic E-state index is 15.6. The number of pyridine rings is 1. The van der Waals surface area contributed by atoms with E-state index < -0.39 is 16.8 Å². The second-order valence-corrected chi connectivity index (χ2v) is 9.64. The molecule has 0 spiro atoms. The van der Waals surface area contributed by atoms with Gasteiger partial charge in [0.1, 0.15) is 16.7 Å². The first kappa shape index (κ1) is 22.4. The van der Waals surface area contributed by atoms with Gasteiger partial charge in [-0.2, -0.15) is 5.10 Å². The van der Waals surface area contributed by atoms with E-state index in [1.807, 2.05) is 37.4 Å². The summed E-state index contributed by atoms with van der Waals surface area (Å²) in [5, 5.41) is 8.13. The van der Waals surface area contributed by atoms with Crippen molar-refractivity contribution in [3.63, 3.8) is 0 Å². The van der Waals surface area contributed by atoms with Gasteiger partial charge in [0, 0.05) is 60.0 Å². The Kier molecular flexibility index (Phi) is 6.51. The van der Waals surface area contributed by atoms with Gasteiger partial charge in [0.05, 0.1) is 11.4 Å². The second-order valence-electron chi connectivity index (χ2n) is 8.34. The van der Waals surface area contributed by atoms with Crippen molar-refractivity contribution in [1.29, 1.82) is 0 Å². The van der Waals surface area contributed by atoms with Gasteiger partial charge in [-0.05, 0) is 42.3 Å². The third-order valence-corrected chi connectivity index (χ3v) is 7.21. The van der Waals surface area contributed by atoms with Crippen LogP contribution < -0.4 is 10.0 Å². The van der Waals surface area contributed by atoms with Crippen molar-refractivity contribution in [2.45, 2.75) is 19.3 Å². The SMILES string of the molecule is CCCS(=O)Nc1cccc(-c2cn(-c3ccc(C4CNC4)cc3)nc2-c2ccncc2)c1F. The molecule has 3 heterocycles. The van der Waals surface area contributed by atoms with Crippen LogP contribution >= 0.6 is 0 Å². The molecule has 1 saturated heterocycles. The predicted octanol–water partition coefficient (Wildman–Crippen LogP) is 4.91. The topological polar surface area (TPSA) is 71.8 Å². The lowest BCUT2D eigenvalue weighted by Gasteiger charge is -2.27. The van der Waals surface area contributed by atoms with Gasteiger partial charge in [0.15, 0.2) is 5.82 Å². The van der Waals surface area contributed by atoms with Crippen LogP contribution in [0, 0.1) is 5.82 Å². The quantitative estimate of drug-likeness (QED) is 0.380. The summed E-state index contributed by atoms with van der Waals surface area (Å²) < 4.78 is 32.4. The summed E-state index contributed by atoms with van der Waals surface area (Å²) in [4.78, 5) is 4.10. The molecule has 1 atom stereocenters. The average molecular weight is 476 g/mol. The van der Waals surface area contributed by atoms with Crippen LogP contribution in [-0.2, 0) is 11.0 Å². The molecule has 1 unspecified atom stereocenters. The largest absolute Gasteiger partial charge is 0.315 e. The van der Waals surface area contributed by atoms with Crippen molar-refractivity contribution >= 4 is 16.7 Å². The first-order chi connectivity index (χ1) is 16.6. The molecule has 2 N–H and O–H groups in total. The summed E-state index contributed by atoms with van der Waals surface area (Å²) in [5.74, 6) is 0.559. The number of nitrogens with one attached hydrogen (secondary N) is 2. The van der Waals surface area contributed by atoms with E-state index in [2.05, 4.69) is 27.2 Å². The molecule has 0 bridgehead atoms. The fourth-order valence-corrected chi connectivity index (χ4v) is 4.90. The molecular weight excluding hydrogens is 449 g/mol. The molecule has 1 fully saturated rings. The zero-order valence-electron chi connectivity index (χ0n) is 18.9. The summed E-state index contributed by atoms with van der Waals surface area (Å²) in [6.07, 6.45) is 5.99. The lowest BCUT2D eigenvalue weighted by molar-refractivity contribution is 0.448. The Balaban J connectivity index is 1.57. The molecule has 4 aromatic rings. The average Bonchev–Trinajstić information content (AvgIpc) is 3.26. The molecule has 34 heavy (non-hydrogen) atoms. The van der Waals surface area contributed by atoms with Gasteiger partial charge in [-0.25, -0.2) is 13.3 Å². The zero-order valence-corrected chi connectivity index (χ0v) is 19.7. The lowest BCUT2D eigenvalue weighted by atomic mass is 9.94. The van der Waals surface area contributed by atoms with Crippen LogP contribution in [0.5, 0.6) is 0 Å². The number of hydrogen-bond donors (Lipinski definition) is 2. The highest BCUT2D eigenvalue weighted by atomic mass is 32.2. The summed E-state index contributed by atoms with van der Waals surface area (Å²) >= 11 is 0. The smallest absolute Gasteiger partial charge is 0.155 e. The van der Waals surface area contributed by atoms with Crippen LogP contribution in [0.4, 0.5) is 10.1 Å². The van der Waals surface area contributed by atoms with E-state index in [4.69, 9.17) is 5.10 Å². The van der Waals surface area contributed by atoms with Gasteiger partial charge in [-0.3, -0.25) is 4.98 Å². The minimum Gasteiger partial charge on any atom is -0.315 e. The van der Waals surface area contributed by atoms with Crippen LogP contribution in [0.25, 0.3) is 28.1 Å². The fraction of sp³-hybridized carbons (Fsp3) is 0.231. The van der Waals surface area contributed by atoms with E-state index in [1.54, 1.807) is 35.3 Å². The molecule has 2 aromatic heterocycles. The maximum Gasteiger partial charge on any atom is 0.155 e. The van der Waals surface area contributed by atoms with Crippen molar-refractivity contribution in [3.8, 4) is 28.1 Å². The Morgan fingerprint density at radius 2 is 1.85 bits per heavy atom. The van der Waals surface area contributed by atoms with Gasteiger partial charge in [0.25, 0.3) is 0 Å². The Labute approximate surface area is 200 Å². The molecule has 0 amide bonds. The molecule has 1 aliphatic rings. The highest BCUT2D eigenvalue weighted by molar-refractivity contribution is 7.86. The van der Waals surface area contributed by atoms with Gasteiger partial charge >= 0.3 is 0 Å². The zero-order chi connectivity index (χ0) is 23.5. The summed E-state index contributed by atoms with van der Waals surface area (Å²) in [6.45, 7) is 3.95. The Morgan fingerprint density at radius 1 is 1.09 bits per heavy atom. The van der Waals surface area contributed by atoms with Crippen LogP contribution in [0.15, 0.2) is 73.2 Å². The number of aromatic nitrogens is 3. The van der Waals surface area contributed by atoms with Crippen LogP contribution in [0.1, 0.15) is 24.8 Å². The van der Waals surface area contributed by atoms with Crippen LogP contribution in [0.3, 0.4) is 0 Å². The van der Waals surface area contributed by atoms with Crippen molar-refractivity contribution in [2.24, 2.45) is 0 Å². The van der Waals surface area contributed by atoms with Crippen molar-refractivity contribution < 1.29 is 8.60 Å². The van der Waals surface area contributed by atoms with E-state index in [0.29, 0.717) is 28.5 Å². The summed E-state index contributed by atoms with van der Waals surface area (Å²) in [5.41, 5.74) is 4.96. The maximum atomic E-state index is 15.6. The summed E-state index contributed by atoms with van der Waals surface area (Å²) in [6, 6.07) is 17.2. The molecule has 1 aliphatic heterocycles. The second kappa shape index (κ2) is 9.87. The minimum absolute atomic E-state index is 0.219. The monoisotopic (exact) mass is 475 g/mol. The van der Waals surface area contributed by atoms with Crippen molar-refractivity contribution in [1.82, 2.24) is 20.1 Å². The normalized spacial score (nSPS) is 14.5. The standard InChI is InChI=1S/C26H26FN5OS/c1-2-14-34(33)31-24-5-3-4-22(25(24)27)23-17-32(30-26(23)19-10-12-28-13-11-19)21-8-6-18(7-9-21)20-15-29-16-20/h3-13,17,20,29,31H,2,14-16H2,1H3. The molecule has 0 radical (unpaired) electrons. The van der Waals surface area contributed by atoms with Crippen molar-refractivity contribution in [2.75, 3.05) is 23.6 Å². The molecule has 174 valence electrons. The number of benzene rings is 2. The van der Waals surface area contributed by atoms with Gasteiger partial charge in [-0.1, -0.05) is 31.2 Å². The number of halogens is 1. The molecule has 6 nitrogen and oxygen atoms in total. The number of anilines is 1. The highest BCUT2D eigenvalue weighted by Gasteiger charge is 2.21. The number of nitrogens with zero attached hydrogens (tertiary/aromatic N) is 3. The van der Waals surface area contributed by atoms with E-state index in [0.717, 1.165) is 30.8 Å². The molecular formula is C26H26FN5OS. The number of hydrogen-bond acceptors (Lipinski definition) is 4. The molecule has 5 rings (SSSR count). The lowest BCUT2D eigenvalue weighted by Crippen LogP contribution is -2.39. The van der Waals surface area contributed by atoms with Crippen LogP contribution in [-0.4, -0.2) is 37.8 Å². The first-order valence-corrected chi connectivity index (χ1v) is 12.7. The van der Waals surface area contributed by atoms with E-state index in [1.165, 1.54) is 5.56 Å². The molecule has 8 heteroatoms. The predicted molar refractivity (Wildman–Crippen MR) is 135 cm³/mol. The van der Waals surface area contributed by atoms with Gasteiger partial charge in [0.2, 0.25) is 0 Å². The van der Waals surface area contributed by atoms with Crippen molar-refractivity contribution in [3.05, 3.63) is 84.6 Å². The third-order valence-electron chi connectivity index (χ3n) is 5.98. The highest BCUT2D eigenvalue weighted by Crippen LogP contribution is 2.35. The minimum atomic E-state index is -1.34. The molecule has 0 saturated carbocycles. The Morgan fingerprint density at radius 3 is 2.53 bits per heavy atom. The Hall–Kier alpha value is -3.36. The fourth-order valence-electron chi connectivity index (χ4n) is 4.03. The van der Waals surface area contributed by atoms with Gasteiger partial charge in [-0.15, -0.1) is 0 Å². The first-order valence-electron chi connectivity index (χ1n) is 11.4. The van der Waals surface area contributed by atoms with Crippen LogP contribution in [0.2, 0.25) is 0 Å². The Bertz CT molecular complexity index is 1300. The van der Waals surface area contributed by atoms with E-state index in [-0.39, 0.29) is 5.69 Å². The summed E-state index contributed by atoms with van der Waals surface area (Å²) in [7, 11) is -1.34. The van der Waals surface area contributed by atoms with Gasteiger partial charge < -0.3 is 10.0 Å². The van der Waals surface area contributed by atoms with E-state index >= 15 is 4.39 Å². The third kappa shape index (κ3) is 4.51. The molecule has 0 aliphatic carbocycles. The van der Waals surface area contributed by atoms with E-state index in [9.17, 15) is 4.21 Å². The molecule has 2 aromatic carbocycles.